The SMILES string of the molecule is COC(=O)C(C(=O)OC)C1C=C(c2ccccc2)c2ccccc2C1. The molecule has 0 N–H and O–H groups in total. The Hall–Kier alpha value is -2.88. The van der Waals surface area contributed by atoms with E-state index < -0.39 is 17.9 Å². The largest absolute Gasteiger partial charge is 0.468 e. The lowest BCUT2D eigenvalue weighted by Crippen LogP contribution is -2.35. The molecule has 0 amide bonds. The molecule has 0 fully saturated rings. The minimum atomic E-state index is -0.970. The molecule has 1 unspecified atom stereocenters. The zero-order chi connectivity index (χ0) is 17.8. The maximum atomic E-state index is 12.2. The zero-order valence-corrected chi connectivity index (χ0v) is 14.3. The highest BCUT2D eigenvalue weighted by atomic mass is 16.5. The Balaban J connectivity index is 2.10. The normalized spacial score (nSPS) is 16.0. The van der Waals surface area contributed by atoms with Gasteiger partial charge in [0.1, 0.15) is 0 Å². The number of benzene rings is 2. The number of hydrogen-bond donors (Lipinski definition) is 0. The lowest BCUT2D eigenvalue weighted by atomic mass is 9.76. The van der Waals surface area contributed by atoms with Crippen LogP contribution in [0.15, 0.2) is 60.7 Å². The first-order valence-corrected chi connectivity index (χ1v) is 8.17. The van der Waals surface area contributed by atoms with Crippen LogP contribution < -0.4 is 0 Å². The number of methoxy groups -OCH3 is 2. The molecule has 3 rings (SSSR count). The number of hydrogen-bond acceptors (Lipinski definition) is 4. The summed E-state index contributed by atoms with van der Waals surface area (Å²) in [4.78, 5) is 24.4. The van der Waals surface area contributed by atoms with Crippen LogP contribution in [0.1, 0.15) is 16.7 Å². The Morgan fingerprint density at radius 3 is 2.16 bits per heavy atom. The summed E-state index contributed by atoms with van der Waals surface area (Å²) in [5.41, 5.74) is 4.29. The average molecular weight is 336 g/mol. The molecule has 0 spiro atoms. The van der Waals surface area contributed by atoms with E-state index in [1.165, 1.54) is 14.2 Å². The third-order valence-electron chi connectivity index (χ3n) is 4.57. The second kappa shape index (κ2) is 7.34. The molecule has 25 heavy (non-hydrogen) atoms. The molecule has 2 aromatic carbocycles. The maximum absolute atomic E-state index is 12.2. The number of rotatable bonds is 4. The number of carbonyl (C=O) groups excluding carboxylic acids is 2. The van der Waals surface area contributed by atoms with Gasteiger partial charge in [0.15, 0.2) is 5.92 Å². The van der Waals surface area contributed by atoms with Crippen molar-refractivity contribution in [3.63, 3.8) is 0 Å². The van der Waals surface area contributed by atoms with Crippen LogP contribution in [0.3, 0.4) is 0 Å². The quantitative estimate of drug-likeness (QED) is 0.635. The lowest BCUT2D eigenvalue weighted by molar-refractivity contribution is -0.160. The number of esters is 2. The molecular formula is C21H20O4. The van der Waals surface area contributed by atoms with Crippen molar-refractivity contribution in [2.45, 2.75) is 6.42 Å². The van der Waals surface area contributed by atoms with Crippen LogP contribution in [-0.4, -0.2) is 26.2 Å². The smallest absolute Gasteiger partial charge is 0.320 e. The Bertz CT molecular complexity index is 792. The van der Waals surface area contributed by atoms with Gasteiger partial charge in [-0.1, -0.05) is 60.7 Å². The number of ether oxygens (including phenoxy) is 2. The van der Waals surface area contributed by atoms with Gasteiger partial charge in [0.05, 0.1) is 14.2 Å². The van der Waals surface area contributed by atoms with E-state index in [2.05, 4.69) is 6.07 Å². The van der Waals surface area contributed by atoms with Gasteiger partial charge in [-0.3, -0.25) is 9.59 Å². The number of allylic oxidation sites excluding steroid dienone is 1. The monoisotopic (exact) mass is 336 g/mol. The molecule has 0 aromatic heterocycles. The molecule has 0 saturated carbocycles. The van der Waals surface area contributed by atoms with Crippen molar-refractivity contribution in [3.8, 4) is 0 Å². The Morgan fingerprint density at radius 1 is 0.920 bits per heavy atom. The molecule has 2 aromatic rings. The second-order valence-electron chi connectivity index (χ2n) is 6.00. The zero-order valence-electron chi connectivity index (χ0n) is 14.3. The van der Waals surface area contributed by atoms with Gasteiger partial charge in [-0.05, 0) is 28.7 Å². The standard InChI is InChI=1S/C21H20O4/c1-24-20(22)19(21(23)25-2)16-12-15-10-6-7-11-17(15)18(13-16)14-8-4-3-5-9-14/h3-11,13,16,19H,12H2,1-2H3. The van der Waals surface area contributed by atoms with Crippen LogP contribution in [0.2, 0.25) is 0 Å². The van der Waals surface area contributed by atoms with Gasteiger partial charge in [-0.15, -0.1) is 0 Å². The number of fused-ring (bicyclic) bond motifs is 1. The highest BCUT2D eigenvalue weighted by Gasteiger charge is 2.38. The predicted molar refractivity (Wildman–Crippen MR) is 94.7 cm³/mol. The van der Waals surface area contributed by atoms with Crippen LogP contribution in [0.25, 0.3) is 5.57 Å². The van der Waals surface area contributed by atoms with Gasteiger partial charge < -0.3 is 9.47 Å². The fourth-order valence-electron chi connectivity index (χ4n) is 3.36. The molecule has 4 nitrogen and oxygen atoms in total. The van der Waals surface area contributed by atoms with Crippen LogP contribution in [-0.2, 0) is 25.5 Å². The van der Waals surface area contributed by atoms with Gasteiger partial charge in [-0.25, -0.2) is 0 Å². The molecule has 1 aliphatic rings. The van der Waals surface area contributed by atoms with Gasteiger partial charge in [0, 0.05) is 5.92 Å². The van der Waals surface area contributed by atoms with Crippen molar-refractivity contribution in [2.75, 3.05) is 14.2 Å². The van der Waals surface area contributed by atoms with Gasteiger partial charge in [0.2, 0.25) is 0 Å². The van der Waals surface area contributed by atoms with Gasteiger partial charge in [-0.2, -0.15) is 0 Å². The van der Waals surface area contributed by atoms with Crippen molar-refractivity contribution in [2.24, 2.45) is 11.8 Å². The molecule has 0 saturated heterocycles. The van der Waals surface area contributed by atoms with E-state index >= 15 is 0 Å². The first-order chi connectivity index (χ1) is 12.2. The first kappa shape index (κ1) is 17.0. The topological polar surface area (TPSA) is 52.6 Å². The third-order valence-corrected chi connectivity index (χ3v) is 4.57. The van der Waals surface area contributed by atoms with E-state index in [9.17, 15) is 9.59 Å². The van der Waals surface area contributed by atoms with Crippen molar-refractivity contribution in [1.29, 1.82) is 0 Å². The highest BCUT2D eigenvalue weighted by molar-refractivity contribution is 5.96. The van der Waals surface area contributed by atoms with E-state index in [1.54, 1.807) is 0 Å². The van der Waals surface area contributed by atoms with E-state index in [0.29, 0.717) is 6.42 Å². The second-order valence-corrected chi connectivity index (χ2v) is 6.00. The summed E-state index contributed by atoms with van der Waals surface area (Å²) in [7, 11) is 2.58. The van der Waals surface area contributed by atoms with Crippen LogP contribution >= 0.6 is 0 Å². The summed E-state index contributed by atoms with van der Waals surface area (Å²) in [6, 6.07) is 18.0. The maximum Gasteiger partial charge on any atom is 0.320 e. The summed E-state index contributed by atoms with van der Waals surface area (Å²) in [5.74, 6) is -2.42. The van der Waals surface area contributed by atoms with E-state index in [-0.39, 0.29) is 5.92 Å². The van der Waals surface area contributed by atoms with Crippen LogP contribution in [0.5, 0.6) is 0 Å². The Kier molecular flexibility index (Phi) is 4.98. The van der Waals surface area contributed by atoms with Gasteiger partial charge >= 0.3 is 11.9 Å². The molecule has 0 bridgehead atoms. The van der Waals surface area contributed by atoms with E-state index in [0.717, 1.165) is 22.3 Å². The van der Waals surface area contributed by atoms with Crippen molar-refractivity contribution < 1.29 is 19.1 Å². The van der Waals surface area contributed by atoms with Crippen molar-refractivity contribution >= 4 is 17.5 Å². The Morgan fingerprint density at radius 2 is 1.52 bits per heavy atom. The summed E-state index contributed by atoms with van der Waals surface area (Å²) in [6.45, 7) is 0. The first-order valence-electron chi connectivity index (χ1n) is 8.17. The number of carbonyl (C=O) groups is 2. The molecule has 128 valence electrons. The van der Waals surface area contributed by atoms with Crippen molar-refractivity contribution in [3.05, 3.63) is 77.4 Å². The molecule has 1 aliphatic carbocycles. The molecule has 0 heterocycles. The summed E-state index contributed by atoms with van der Waals surface area (Å²) < 4.78 is 9.70. The Labute approximate surface area is 147 Å². The highest BCUT2D eigenvalue weighted by Crippen LogP contribution is 2.37. The van der Waals surface area contributed by atoms with Crippen molar-refractivity contribution in [1.82, 2.24) is 0 Å². The molecular weight excluding hydrogens is 316 g/mol. The molecule has 4 heteroatoms. The fraction of sp³-hybridized carbons (Fsp3) is 0.238. The summed E-state index contributed by atoms with van der Waals surface area (Å²) in [6.07, 6.45) is 2.58. The summed E-state index contributed by atoms with van der Waals surface area (Å²) >= 11 is 0. The fourth-order valence-corrected chi connectivity index (χ4v) is 3.36. The molecule has 1 atom stereocenters. The van der Waals surface area contributed by atoms with E-state index in [4.69, 9.17) is 9.47 Å². The average Bonchev–Trinajstić information content (AvgIpc) is 2.67. The minimum Gasteiger partial charge on any atom is -0.468 e. The predicted octanol–water partition coefficient (Wildman–Crippen LogP) is 3.25. The van der Waals surface area contributed by atoms with Crippen LogP contribution in [0.4, 0.5) is 0 Å². The van der Waals surface area contributed by atoms with E-state index in [1.807, 2.05) is 54.6 Å². The third kappa shape index (κ3) is 3.33. The van der Waals surface area contributed by atoms with Crippen LogP contribution in [0, 0.1) is 11.8 Å². The van der Waals surface area contributed by atoms with Gasteiger partial charge in [0.25, 0.3) is 0 Å². The minimum absolute atomic E-state index is 0.315. The molecule has 0 aliphatic heterocycles. The summed E-state index contributed by atoms with van der Waals surface area (Å²) in [5, 5.41) is 0. The molecule has 0 radical (unpaired) electrons. The lowest BCUT2D eigenvalue weighted by Gasteiger charge is -2.28.